The van der Waals surface area contributed by atoms with E-state index >= 15 is 0 Å². The largest absolute Gasteiger partial charge is 0.353 e. The van der Waals surface area contributed by atoms with Crippen molar-refractivity contribution in [3.63, 3.8) is 0 Å². The maximum atomic E-state index is 12.0. The van der Waals surface area contributed by atoms with Crippen molar-refractivity contribution in [1.29, 1.82) is 0 Å². The van der Waals surface area contributed by atoms with Crippen LogP contribution in [0.2, 0.25) is 0 Å². The van der Waals surface area contributed by atoms with E-state index in [4.69, 9.17) is 0 Å². The third-order valence-electron chi connectivity index (χ3n) is 4.41. The van der Waals surface area contributed by atoms with Gasteiger partial charge >= 0.3 is 0 Å². The van der Waals surface area contributed by atoms with Crippen LogP contribution in [0.4, 0.5) is 0 Å². The lowest BCUT2D eigenvalue weighted by molar-refractivity contribution is -0.127. The molecule has 1 amide bonds. The normalized spacial score (nSPS) is 26.1. The fourth-order valence-corrected chi connectivity index (χ4v) is 2.81. The van der Waals surface area contributed by atoms with Crippen LogP contribution < -0.4 is 10.6 Å². The number of rotatable bonds is 4. The highest BCUT2D eigenvalue weighted by Gasteiger charge is 2.30. The van der Waals surface area contributed by atoms with Crippen molar-refractivity contribution < 1.29 is 4.79 Å². The number of hydrogen-bond acceptors (Lipinski definition) is 2. The molecule has 3 nitrogen and oxygen atoms in total. The molecule has 0 bridgehead atoms. The van der Waals surface area contributed by atoms with Crippen LogP contribution in [-0.4, -0.2) is 25.0 Å². The quantitative estimate of drug-likeness (QED) is 0.760. The first-order valence-corrected chi connectivity index (χ1v) is 6.69. The van der Waals surface area contributed by atoms with Gasteiger partial charge in [-0.15, -0.1) is 0 Å². The number of amides is 1. The Hall–Kier alpha value is -0.570. The van der Waals surface area contributed by atoms with Crippen molar-refractivity contribution in [1.82, 2.24) is 10.6 Å². The van der Waals surface area contributed by atoms with E-state index in [-0.39, 0.29) is 11.8 Å². The molecule has 1 aliphatic carbocycles. The molecule has 16 heavy (non-hydrogen) atoms. The van der Waals surface area contributed by atoms with Crippen molar-refractivity contribution in [2.75, 3.05) is 13.1 Å². The molecule has 2 unspecified atom stereocenters. The van der Waals surface area contributed by atoms with Gasteiger partial charge in [-0.25, -0.2) is 0 Å². The van der Waals surface area contributed by atoms with E-state index in [1.54, 1.807) is 0 Å². The number of hydrogen-bond donors (Lipinski definition) is 2. The first-order chi connectivity index (χ1) is 7.68. The lowest BCUT2D eigenvalue weighted by Crippen LogP contribution is -2.51. The van der Waals surface area contributed by atoms with Gasteiger partial charge in [0.15, 0.2) is 0 Å². The molecule has 1 saturated carbocycles. The minimum Gasteiger partial charge on any atom is -0.353 e. The summed E-state index contributed by atoms with van der Waals surface area (Å²) in [5.74, 6) is 1.70. The standard InChI is InChI=1S/C13H24N2O/c1-9(12-7-14-8-12)13(16)15-10(2)11-5-3-4-6-11/h9-12,14H,3-8H2,1-2H3,(H,15,16). The molecule has 1 aliphatic heterocycles. The zero-order valence-electron chi connectivity index (χ0n) is 10.5. The molecule has 1 saturated heterocycles. The van der Waals surface area contributed by atoms with Gasteiger partial charge in [0.2, 0.25) is 5.91 Å². The van der Waals surface area contributed by atoms with Gasteiger partial charge in [0.25, 0.3) is 0 Å². The van der Waals surface area contributed by atoms with Gasteiger partial charge < -0.3 is 10.6 Å². The minimum atomic E-state index is 0.171. The third-order valence-corrected chi connectivity index (χ3v) is 4.41. The fraction of sp³-hybridized carbons (Fsp3) is 0.923. The van der Waals surface area contributed by atoms with Gasteiger partial charge in [-0.05, 0) is 44.7 Å². The van der Waals surface area contributed by atoms with Crippen molar-refractivity contribution in [2.45, 2.75) is 45.6 Å². The molecule has 3 heteroatoms. The van der Waals surface area contributed by atoms with E-state index in [9.17, 15) is 4.79 Å². The van der Waals surface area contributed by atoms with Gasteiger partial charge in [-0.2, -0.15) is 0 Å². The Morgan fingerprint density at radius 2 is 1.81 bits per heavy atom. The highest BCUT2D eigenvalue weighted by Crippen LogP contribution is 2.28. The lowest BCUT2D eigenvalue weighted by atomic mass is 9.87. The first-order valence-electron chi connectivity index (χ1n) is 6.69. The highest BCUT2D eigenvalue weighted by atomic mass is 16.1. The van der Waals surface area contributed by atoms with Crippen LogP contribution in [0, 0.1) is 17.8 Å². The van der Waals surface area contributed by atoms with Crippen LogP contribution in [0.25, 0.3) is 0 Å². The van der Waals surface area contributed by atoms with Crippen molar-refractivity contribution >= 4 is 5.91 Å². The molecule has 0 aromatic heterocycles. The van der Waals surface area contributed by atoms with E-state index in [0.717, 1.165) is 19.0 Å². The maximum absolute atomic E-state index is 12.0. The zero-order valence-corrected chi connectivity index (χ0v) is 10.5. The molecule has 2 fully saturated rings. The Kier molecular flexibility index (Phi) is 3.85. The second kappa shape index (κ2) is 5.17. The van der Waals surface area contributed by atoms with E-state index in [2.05, 4.69) is 24.5 Å². The summed E-state index contributed by atoms with van der Waals surface area (Å²) < 4.78 is 0. The van der Waals surface area contributed by atoms with Crippen LogP contribution in [0.15, 0.2) is 0 Å². The molecule has 1 heterocycles. The summed E-state index contributed by atoms with van der Waals surface area (Å²) in [5, 5.41) is 6.43. The Morgan fingerprint density at radius 3 is 2.31 bits per heavy atom. The van der Waals surface area contributed by atoms with E-state index < -0.39 is 0 Å². The van der Waals surface area contributed by atoms with Crippen LogP contribution in [0.3, 0.4) is 0 Å². The van der Waals surface area contributed by atoms with Crippen LogP contribution in [0.5, 0.6) is 0 Å². The van der Waals surface area contributed by atoms with Gasteiger partial charge in [-0.1, -0.05) is 19.8 Å². The predicted molar refractivity (Wildman–Crippen MR) is 65.1 cm³/mol. The van der Waals surface area contributed by atoms with Crippen molar-refractivity contribution in [3.8, 4) is 0 Å². The smallest absolute Gasteiger partial charge is 0.223 e. The molecule has 92 valence electrons. The SMILES string of the molecule is CC(NC(=O)C(C)C1CNC1)C1CCCC1. The third kappa shape index (κ3) is 2.57. The molecule has 2 N–H and O–H groups in total. The molecule has 0 spiro atoms. The monoisotopic (exact) mass is 224 g/mol. The Balaban J connectivity index is 1.76. The molecule has 0 aromatic rings. The fourth-order valence-electron chi connectivity index (χ4n) is 2.81. The minimum absolute atomic E-state index is 0.171. The van der Waals surface area contributed by atoms with Crippen LogP contribution in [-0.2, 0) is 4.79 Å². The molecular weight excluding hydrogens is 200 g/mol. The molecule has 2 aliphatic rings. The van der Waals surface area contributed by atoms with Gasteiger partial charge in [-0.3, -0.25) is 4.79 Å². The summed E-state index contributed by atoms with van der Waals surface area (Å²) >= 11 is 0. The average molecular weight is 224 g/mol. The molecule has 0 aromatic carbocycles. The lowest BCUT2D eigenvalue weighted by Gasteiger charge is -2.33. The van der Waals surface area contributed by atoms with E-state index in [1.807, 2.05) is 0 Å². The van der Waals surface area contributed by atoms with Crippen molar-refractivity contribution in [2.24, 2.45) is 17.8 Å². The Bertz CT molecular complexity index is 244. The number of nitrogens with one attached hydrogen (secondary N) is 2. The summed E-state index contributed by atoms with van der Waals surface area (Å²) in [6.45, 7) is 6.24. The summed E-state index contributed by atoms with van der Waals surface area (Å²) in [6, 6.07) is 0.366. The second-order valence-corrected chi connectivity index (χ2v) is 5.55. The second-order valence-electron chi connectivity index (χ2n) is 5.55. The summed E-state index contributed by atoms with van der Waals surface area (Å²) in [6.07, 6.45) is 5.27. The predicted octanol–water partition coefficient (Wildman–Crippen LogP) is 1.54. The Morgan fingerprint density at radius 1 is 1.19 bits per heavy atom. The summed E-state index contributed by atoms with van der Waals surface area (Å²) in [4.78, 5) is 12.0. The molecule has 2 atom stereocenters. The number of carbonyl (C=O) groups is 1. The number of carbonyl (C=O) groups excluding carboxylic acids is 1. The summed E-state index contributed by atoms with van der Waals surface area (Å²) in [5.41, 5.74) is 0. The van der Waals surface area contributed by atoms with Gasteiger partial charge in [0, 0.05) is 12.0 Å². The molecule has 0 radical (unpaired) electrons. The van der Waals surface area contributed by atoms with Crippen LogP contribution in [0.1, 0.15) is 39.5 Å². The highest BCUT2D eigenvalue weighted by molar-refractivity contribution is 5.79. The van der Waals surface area contributed by atoms with Gasteiger partial charge in [0.05, 0.1) is 0 Å². The zero-order chi connectivity index (χ0) is 11.5. The topological polar surface area (TPSA) is 41.1 Å². The van der Waals surface area contributed by atoms with E-state index in [1.165, 1.54) is 25.7 Å². The average Bonchev–Trinajstić information content (AvgIpc) is 2.67. The molecular formula is C13H24N2O. The van der Waals surface area contributed by atoms with Gasteiger partial charge in [0.1, 0.15) is 0 Å². The maximum Gasteiger partial charge on any atom is 0.223 e. The van der Waals surface area contributed by atoms with E-state index in [0.29, 0.717) is 12.0 Å². The first kappa shape index (κ1) is 11.9. The van der Waals surface area contributed by atoms with Crippen LogP contribution >= 0.6 is 0 Å². The van der Waals surface area contributed by atoms with Crippen molar-refractivity contribution in [3.05, 3.63) is 0 Å². The molecule has 2 rings (SSSR count). The Labute approximate surface area is 98.4 Å². The summed E-state index contributed by atoms with van der Waals surface area (Å²) in [7, 11) is 0.